The summed E-state index contributed by atoms with van der Waals surface area (Å²) < 4.78 is 38.9. The molecule has 3 aromatic heterocycles. The molecule has 1 unspecified atom stereocenters. The molecular formula is C27H29ClFN5O2S2. The van der Waals surface area contributed by atoms with Crippen LogP contribution in [0.5, 0.6) is 0 Å². The van der Waals surface area contributed by atoms with E-state index in [1.54, 1.807) is 12.1 Å². The highest BCUT2D eigenvalue weighted by molar-refractivity contribution is 7.73. The van der Waals surface area contributed by atoms with Crippen LogP contribution in [0.2, 0.25) is 0 Å². The van der Waals surface area contributed by atoms with Crippen molar-refractivity contribution >= 4 is 55.8 Å². The van der Waals surface area contributed by atoms with Gasteiger partial charge >= 0.3 is 0 Å². The minimum Gasteiger partial charge on any atom is -0.305 e. The number of aryl methyl sites for hydroxylation is 1. The van der Waals surface area contributed by atoms with Crippen molar-refractivity contribution in [2.45, 2.75) is 31.6 Å². The van der Waals surface area contributed by atoms with E-state index in [1.807, 2.05) is 23.4 Å². The van der Waals surface area contributed by atoms with Gasteiger partial charge in [0.15, 0.2) is 15.8 Å². The number of rotatable bonds is 9. The van der Waals surface area contributed by atoms with Crippen molar-refractivity contribution < 1.29 is 12.8 Å². The van der Waals surface area contributed by atoms with Crippen molar-refractivity contribution in [3.63, 3.8) is 0 Å². The van der Waals surface area contributed by atoms with E-state index in [1.165, 1.54) is 29.0 Å². The molecule has 11 heteroatoms. The Morgan fingerprint density at radius 2 is 1.92 bits per heavy atom. The highest BCUT2D eigenvalue weighted by Crippen LogP contribution is 2.34. The summed E-state index contributed by atoms with van der Waals surface area (Å²) in [5, 5.41) is 2.27. The number of imidazole rings is 1. The molecule has 0 aliphatic carbocycles. The summed E-state index contributed by atoms with van der Waals surface area (Å²) >= 11 is 7.36. The molecule has 4 aromatic rings. The number of fused-ring (bicyclic) bond motifs is 1. The Balaban J connectivity index is 1.45. The largest absolute Gasteiger partial charge is 0.305 e. The summed E-state index contributed by atoms with van der Waals surface area (Å²) in [5.74, 6) is 0.999. The molecular weight excluding hydrogens is 545 g/mol. The molecule has 1 atom stereocenters. The lowest BCUT2D eigenvalue weighted by molar-refractivity contribution is 0.270. The van der Waals surface area contributed by atoms with Gasteiger partial charge in [0.1, 0.15) is 22.7 Å². The molecule has 200 valence electrons. The zero-order chi connectivity index (χ0) is 26.8. The van der Waals surface area contributed by atoms with Gasteiger partial charge in [-0.25, -0.2) is 22.8 Å². The van der Waals surface area contributed by atoms with Crippen LogP contribution in [0.25, 0.3) is 22.5 Å². The van der Waals surface area contributed by atoms with E-state index >= 15 is 0 Å². The standard InChI is InChI=1S/C27H29ClFN5O2S2/c1-3-22-26(32(2)27-31-23(17-37-27)19-4-7-21(29)8-5-19)34-16-20(6-9-24(34)30-22)18-11-14-33(15-12-18)25(10-13-28)38(35)36/h4-9,11,16-17,25,38H,3,10,12-15H2,1-2H3. The summed E-state index contributed by atoms with van der Waals surface area (Å²) in [6, 6.07) is 10.5. The molecule has 0 spiro atoms. The van der Waals surface area contributed by atoms with Gasteiger partial charge in [-0.2, -0.15) is 0 Å². The maximum absolute atomic E-state index is 13.4. The first-order valence-corrected chi connectivity index (χ1v) is 15.1. The summed E-state index contributed by atoms with van der Waals surface area (Å²) in [7, 11) is -0.572. The first-order valence-electron chi connectivity index (χ1n) is 12.5. The Morgan fingerprint density at radius 1 is 1.16 bits per heavy atom. The van der Waals surface area contributed by atoms with Gasteiger partial charge in [0.2, 0.25) is 0 Å². The number of halogens is 2. The summed E-state index contributed by atoms with van der Waals surface area (Å²) in [6.45, 7) is 3.32. The van der Waals surface area contributed by atoms with E-state index in [-0.39, 0.29) is 5.82 Å². The van der Waals surface area contributed by atoms with Crippen LogP contribution in [0.3, 0.4) is 0 Å². The second-order valence-electron chi connectivity index (χ2n) is 9.18. The van der Waals surface area contributed by atoms with E-state index in [4.69, 9.17) is 21.6 Å². The van der Waals surface area contributed by atoms with Crippen LogP contribution in [0.15, 0.2) is 54.1 Å². The van der Waals surface area contributed by atoms with Crippen LogP contribution >= 0.6 is 22.9 Å². The van der Waals surface area contributed by atoms with Crippen molar-refractivity contribution in [2.24, 2.45) is 0 Å². The molecule has 5 rings (SSSR count). The lowest BCUT2D eigenvalue weighted by Gasteiger charge is -2.30. The van der Waals surface area contributed by atoms with Gasteiger partial charge in [0.25, 0.3) is 0 Å². The fraction of sp³-hybridized carbons (Fsp3) is 0.333. The van der Waals surface area contributed by atoms with E-state index in [0.29, 0.717) is 25.4 Å². The average molecular weight is 574 g/mol. The van der Waals surface area contributed by atoms with E-state index < -0.39 is 16.1 Å². The smallest absolute Gasteiger partial charge is 0.191 e. The van der Waals surface area contributed by atoms with Crippen LogP contribution in [0.1, 0.15) is 31.0 Å². The highest BCUT2D eigenvalue weighted by Gasteiger charge is 2.24. The molecule has 0 radical (unpaired) electrons. The molecule has 1 aliphatic rings. The van der Waals surface area contributed by atoms with Gasteiger partial charge in [0.05, 0.1) is 11.4 Å². The van der Waals surface area contributed by atoms with Crippen molar-refractivity contribution in [3.05, 3.63) is 71.1 Å². The topological polar surface area (TPSA) is 70.8 Å². The quantitative estimate of drug-likeness (QED) is 0.208. The molecule has 38 heavy (non-hydrogen) atoms. The van der Waals surface area contributed by atoms with Crippen molar-refractivity contribution in [2.75, 3.05) is 30.9 Å². The predicted molar refractivity (Wildman–Crippen MR) is 154 cm³/mol. The van der Waals surface area contributed by atoms with Gasteiger partial charge in [-0.05, 0) is 66.8 Å². The molecule has 0 fully saturated rings. The van der Waals surface area contributed by atoms with Gasteiger partial charge in [-0.1, -0.05) is 13.0 Å². The third-order valence-corrected chi connectivity index (χ3v) is 9.08. The Hall–Kier alpha value is -2.79. The van der Waals surface area contributed by atoms with Crippen LogP contribution in [-0.2, 0) is 17.1 Å². The minimum atomic E-state index is -2.56. The van der Waals surface area contributed by atoms with E-state index in [2.05, 4.69) is 34.6 Å². The number of pyridine rings is 1. The number of alkyl halides is 1. The van der Waals surface area contributed by atoms with Crippen LogP contribution in [0, 0.1) is 5.82 Å². The number of thiol groups is 1. The monoisotopic (exact) mass is 573 g/mol. The summed E-state index contributed by atoms with van der Waals surface area (Å²) in [4.78, 5) is 13.7. The molecule has 0 bridgehead atoms. The zero-order valence-corrected chi connectivity index (χ0v) is 23.6. The lowest BCUT2D eigenvalue weighted by atomic mass is 10.0. The molecule has 7 nitrogen and oxygen atoms in total. The van der Waals surface area contributed by atoms with Gasteiger partial charge < -0.3 is 4.90 Å². The first kappa shape index (κ1) is 26.8. The highest BCUT2D eigenvalue weighted by atomic mass is 35.5. The number of benzene rings is 1. The molecule has 0 saturated heterocycles. The third-order valence-electron chi connectivity index (χ3n) is 6.88. The maximum atomic E-state index is 13.4. The van der Waals surface area contributed by atoms with Crippen molar-refractivity contribution in [1.82, 2.24) is 19.3 Å². The second-order valence-corrected chi connectivity index (χ2v) is 11.6. The zero-order valence-electron chi connectivity index (χ0n) is 21.2. The Morgan fingerprint density at radius 3 is 2.58 bits per heavy atom. The molecule has 1 aromatic carbocycles. The SMILES string of the molecule is CCc1nc2ccc(C3=CCN(C(CCCl)[SH](=O)=O)CC3)cn2c1N(C)c1nc(-c2ccc(F)cc2)cs1. The fourth-order valence-corrected chi connectivity index (χ4v) is 6.84. The number of anilines is 2. The normalized spacial score (nSPS) is 15.2. The number of hydrogen-bond acceptors (Lipinski definition) is 7. The van der Waals surface area contributed by atoms with Gasteiger partial charge in [-0.15, -0.1) is 22.9 Å². The van der Waals surface area contributed by atoms with Crippen LogP contribution in [0.4, 0.5) is 15.3 Å². The van der Waals surface area contributed by atoms with Crippen LogP contribution < -0.4 is 4.90 Å². The van der Waals surface area contributed by atoms with Crippen molar-refractivity contribution in [1.29, 1.82) is 0 Å². The van der Waals surface area contributed by atoms with E-state index in [0.717, 1.165) is 52.0 Å². The maximum Gasteiger partial charge on any atom is 0.191 e. The molecule has 4 heterocycles. The third kappa shape index (κ3) is 5.36. The molecule has 0 amide bonds. The summed E-state index contributed by atoms with van der Waals surface area (Å²) in [6.07, 6.45) is 6.16. The number of nitrogens with zero attached hydrogens (tertiary/aromatic N) is 5. The van der Waals surface area contributed by atoms with Crippen molar-refractivity contribution in [3.8, 4) is 11.3 Å². The number of aromatic nitrogens is 3. The Kier molecular flexibility index (Phi) is 8.13. The minimum absolute atomic E-state index is 0.271. The Labute approximate surface area is 232 Å². The lowest BCUT2D eigenvalue weighted by Crippen LogP contribution is -2.39. The number of hydrogen-bond donors (Lipinski definition) is 1. The second kappa shape index (κ2) is 11.5. The fourth-order valence-electron chi connectivity index (χ4n) is 4.86. The predicted octanol–water partition coefficient (Wildman–Crippen LogP) is 5.58. The van der Waals surface area contributed by atoms with Gasteiger partial charge in [-0.3, -0.25) is 9.30 Å². The molecule has 0 saturated carbocycles. The summed E-state index contributed by atoms with van der Waals surface area (Å²) in [5.41, 5.74) is 5.75. The van der Waals surface area contributed by atoms with Crippen LogP contribution in [-0.4, -0.2) is 59.1 Å². The average Bonchev–Trinajstić information content (AvgIpc) is 3.57. The van der Waals surface area contributed by atoms with Gasteiger partial charge in [0, 0.05) is 43.2 Å². The Bertz CT molecular complexity index is 1540. The first-order chi connectivity index (χ1) is 18.4. The van der Waals surface area contributed by atoms with E-state index in [9.17, 15) is 12.8 Å². The molecule has 0 N–H and O–H groups in total. The molecule has 1 aliphatic heterocycles. The number of thiazole rings is 1.